The summed E-state index contributed by atoms with van der Waals surface area (Å²) in [4.78, 5) is 37.6. The van der Waals surface area contributed by atoms with Crippen LogP contribution in [0.15, 0.2) is 42.5 Å². The summed E-state index contributed by atoms with van der Waals surface area (Å²) < 4.78 is 5.31. The Hall–Kier alpha value is -3.55. The molecule has 0 fully saturated rings. The Morgan fingerprint density at radius 1 is 1.00 bits per heavy atom. The highest BCUT2D eigenvalue weighted by Crippen LogP contribution is 2.22. The van der Waals surface area contributed by atoms with Gasteiger partial charge in [-0.2, -0.15) is 0 Å². The van der Waals surface area contributed by atoms with Gasteiger partial charge in [0.15, 0.2) is 0 Å². The lowest BCUT2D eigenvalue weighted by Crippen LogP contribution is -2.51. The zero-order valence-electron chi connectivity index (χ0n) is 21.2. The summed E-state index contributed by atoms with van der Waals surface area (Å²) in [6, 6.07) is 12.2. The average molecular weight is 484 g/mol. The van der Waals surface area contributed by atoms with Gasteiger partial charge in [0.25, 0.3) is 0 Å². The van der Waals surface area contributed by atoms with Crippen molar-refractivity contribution in [3.05, 3.63) is 64.7 Å². The van der Waals surface area contributed by atoms with Crippen LogP contribution in [-0.4, -0.2) is 47.7 Å². The second-order valence-corrected chi connectivity index (χ2v) is 9.62. The van der Waals surface area contributed by atoms with Gasteiger partial charge >= 0.3 is 6.09 Å². The molecule has 35 heavy (non-hydrogen) atoms. The van der Waals surface area contributed by atoms with Gasteiger partial charge in [-0.05, 0) is 81.8 Å². The van der Waals surface area contributed by atoms with Crippen LogP contribution in [0.5, 0.6) is 5.75 Å². The molecule has 0 aliphatic rings. The van der Waals surface area contributed by atoms with Crippen LogP contribution in [-0.2, 0) is 27.2 Å². The molecular formula is C27H37N3O5. The van der Waals surface area contributed by atoms with E-state index in [1.165, 1.54) is 5.56 Å². The van der Waals surface area contributed by atoms with Crippen LogP contribution in [0.1, 0.15) is 49.4 Å². The smallest absolute Gasteiger partial charge is 0.408 e. The molecule has 8 heteroatoms. The summed E-state index contributed by atoms with van der Waals surface area (Å²) in [5, 5.41) is 17.8. The van der Waals surface area contributed by atoms with Crippen molar-refractivity contribution in [3.63, 3.8) is 0 Å². The first-order valence-electron chi connectivity index (χ1n) is 11.8. The number of hydrogen-bond donors (Lipinski definition) is 4. The lowest BCUT2D eigenvalue weighted by Gasteiger charge is -2.24. The summed E-state index contributed by atoms with van der Waals surface area (Å²) in [6.07, 6.45) is 1.09. The Morgan fingerprint density at radius 2 is 1.63 bits per heavy atom. The van der Waals surface area contributed by atoms with E-state index in [1.54, 1.807) is 32.9 Å². The van der Waals surface area contributed by atoms with Crippen LogP contribution in [0.3, 0.4) is 0 Å². The standard InChI is InChI=1S/C27H37N3O5/c1-18-14-21(31)15-19(2)22(18)16-23(30-26(34)35-27(3,4)5)25(33)29-17-24(32)28-13-9-12-20-10-7-6-8-11-20/h6-8,10-11,14-15,23,31H,9,12-13,16-17H2,1-5H3,(H,28,32)(H,29,33)(H,30,34)/t23-/m0/s1. The number of hydrogen-bond acceptors (Lipinski definition) is 5. The van der Waals surface area contributed by atoms with E-state index in [2.05, 4.69) is 16.0 Å². The fraction of sp³-hybridized carbons (Fsp3) is 0.444. The number of amides is 3. The molecule has 3 amide bonds. The Kier molecular flexibility index (Phi) is 10.1. The molecule has 0 unspecified atom stereocenters. The first-order valence-corrected chi connectivity index (χ1v) is 11.8. The summed E-state index contributed by atoms with van der Waals surface area (Å²) in [5.74, 6) is -0.671. The molecule has 190 valence electrons. The number of aromatic hydroxyl groups is 1. The van der Waals surface area contributed by atoms with Crippen molar-refractivity contribution in [1.29, 1.82) is 0 Å². The minimum atomic E-state index is -0.960. The Labute approximate surface area is 207 Å². The summed E-state index contributed by atoms with van der Waals surface area (Å²) in [7, 11) is 0. The lowest BCUT2D eigenvalue weighted by atomic mass is 9.95. The third-order valence-electron chi connectivity index (χ3n) is 5.33. The molecule has 2 aromatic rings. The highest BCUT2D eigenvalue weighted by Gasteiger charge is 2.26. The van der Waals surface area contributed by atoms with E-state index in [4.69, 9.17) is 4.74 Å². The van der Waals surface area contributed by atoms with E-state index in [0.29, 0.717) is 6.54 Å². The predicted molar refractivity (Wildman–Crippen MR) is 135 cm³/mol. The molecule has 1 atom stereocenters. The Morgan fingerprint density at radius 3 is 2.23 bits per heavy atom. The Balaban J connectivity index is 1.95. The number of nitrogens with one attached hydrogen (secondary N) is 3. The highest BCUT2D eigenvalue weighted by atomic mass is 16.6. The molecular weight excluding hydrogens is 446 g/mol. The van der Waals surface area contributed by atoms with E-state index in [1.807, 2.05) is 44.2 Å². The predicted octanol–water partition coefficient (Wildman–Crippen LogP) is 3.31. The van der Waals surface area contributed by atoms with Gasteiger partial charge in [-0.15, -0.1) is 0 Å². The summed E-state index contributed by atoms with van der Waals surface area (Å²) in [6.45, 7) is 9.15. The first-order chi connectivity index (χ1) is 16.4. The maximum absolute atomic E-state index is 12.9. The van der Waals surface area contributed by atoms with Crippen molar-refractivity contribution >= 4 is 17.9 Å². The molecule has 0 heterocycles. The molecule has 0 aliphatic heterocycles. The van der Waals surface area contributed by atoms with Gasteiger partial charge in [0.2, 0.25) is 11.8 Å². The molecule has 4 N–H and O–H groups in total. The molecule has 0 aliphatic carbocycles. The number of benzene rings is 2. The summed E-state index contributed by atoms with van der Waals surface area (Å²) in [5.41, 5.74) is 2.88. The fourth-order valence-corrected chi connectivity index (χ4v) is 3.67. The molecule has 0 aromatic heterocycles. The van der Waals surface area contributed by atoms with Crippen LogP contribution in [0.4, 0.5) is 4.79 Å². The van der Waals surface area contributed by atoms with Crippen molar-refractivity contribution in [2.45, 2.75) is 65.5 Å². The van der Waals surface area contributed by atoms with E-state index >= 15 is 0 Å². The second-order valence-electron chi connectivity index (χ2n) is 9.62. The van der Waals surface area contributed by atoms with E-state index in [-0.39, 0.29) is 24.6 Å². The maximum Gasteiger partial charge on any atom is 0.408 e. The minimum absolute atomic E-state index is 0.133. The molecule has 2 aromatic carbocycles. The van der Waals surface area contributed by atoms with Crippen LogP contribution in [0, 0.1) is 13.8 Å². The monoisotopic (exact) mass is 483 g/mol. The van der Waals surface area contributed by atoms with E-state index in [0.717, 1.165) is 29.5 Å². The number of carbonyl (C=O) groups is 3. The third-order valence-corrected chi connectivity index (χ3v) is 5.33. The van der Waals surface area contributed by atoms with Gasteiger partial charge in [0.1, 0.15) is 17.4 Å². The normalized spacial score (nSPS) is 11.9. The molecule has 0 saturated carbocycles. The van der Waals surface area contributed by atoms with Crippen LogP contribution >= 0.6 is 0 Å². The van der Waals surface area contributed by atoms with Gasteiger partial charge in [-0.3, -0.25) is 9.59 Å². The molecule has 2 rings (SSSR count). The minimum Gasteiger partial charge on any atom is -0.508 e. The molecule has 0 spiro atoms. The van der Waals surface area contributed by atoms with Gasteiger partial charge in [-0.1, -0.05) is 30.3 Å². The quantitative estimate of drug-likeness (QED) is 0.387. The lowest BCUT2D eigenvalue weighted by molar-refractivity contribution is -0.127. The third kappa shape index (κ3) is 10.1. The molecule has 0 radical (unpaired) electrons. The van der Waals surface area contributed by atoms with E-state index < -0.39 is 23.6 Å². The highest BCUT2D eigenvalue weighted by molar-refractivity contribution is 5.89. The SMILES string of the molecule is Cc1cc(O)cc(C)c1C[C@H](NC(=O)OC(C)(C)C)C(=O)NCC(=O)NCCCc1ccccc1. The van der Waals surface area contributed by atoms with Crippen molar-refractivity contribution in [2.75, 3.05) is 13.1 Å². The van der Waals surface area contributed by atoms with Crippen molar-refractivity contribution in [2.24, 2.45) is 0 Å². The zero-order chi connectivity index (χ0) is 26.0. The maximum atomic E-state index is 12.9. The van der Waals surface area contributed by atoms with Gasteiger partial charge in [0.05, 0.1) is 6.54 Å². The Bertz CT molecular complexity index is 992. The number of aryl methyl sites for hydroxylation is 3. The molecule has 8 nitrogen and oxygen atoms in total. The number of alkyl carbamates (subject to hydrolysis) is 1. The van der Waals surface area contributed by atoms with Crippen molar-refractivity contribution in [1.82, 2.24) is 16.0 Å². The number of rotatable bonds is 10. The summed E-state index contributed by atoms with van der Waals surface area (Å²) >= 11 is 0. The average Bonchev–Trinajstić information content (AvgIpc) is 2.76. The van der Waals surface area contributed by atoms with Crippen LogP contribution in [0.25, 0.3) is 0 Å². The number of ether oxygens (including phenoxy) is 1. The van der Waals surface area contributed by atoms with Gasteiger partial charge in [0, 0.05) is 13.0 Å². The van der Waals surface area contributed by atoms with Gasteiger partial charge in [-0.25, -0.2) is 4.79 Å². The number of phenols is 1. The van der Waals surface area contributed by atoms with Crippen molar-refractivity contribution in [3.8, 4) is 5.75 Å². The largest absolute Gasteiger partial charge is 0.508 e. The fourth-order valence-electron chi connectivity index (χ4n) is 3.67. The number of carbonyl (C=O) groups excluding carboxylic acids is 3. The molecule has 0 bridgehead atoms. The van der Waals surface area contributed by atoms with Crippen LogP contribution < -0.4 is 16.0 Å². The first kappa shape index (κ1) is 27.7. The van der Waals surface area contributed by atoms with Crippen molar-refractivity contribution < 1.29 is 24.2 Å². The topological polar surface area (TPSA) is 117 Å². The van der Waals surface area contributed by atoms with Crippen LogP contribution in [0.2, 0.25) is 0 Å². The number of phenolic OH excluding ortho intramolecular Hbond substituents is 1. The zero-order valence-corrected chi connectivity index (χ0v) is 21.2. The second kappa shape index (κ2) is 12.8. The van der Waals surface area contributed by atoms with E-state index in [9.17, 15) is 19.5 Å². The molecule has 0 saturated heterocycles. The van der Waals surface area contributed by atoms with Gasteiger partial charge < -0.3 is 25.8 Å².